The van der Waals surface area contributed by atoms with Gasteiger partial charge in [-0.1, -0.05) is 31.4 Å². The molecule has 1 aromatic carbocycles. The molecule has 0 unspecified atom stereocenters. The van der Waals surface area contributed by atoms with Crippen molar-refractivity contribution in [1.82, 2.24) is 9.97 Å². The number of anilines is 1. The van der Waals surface area contributed by atoms with E-state index in [1.807, 2.05) is 30.5 Å². The molecular formula is C19H19N5O. The van der Waals surface area contributed by atoms with Crippen molar-refractivity contribution in [2.75, 3.05) is 5.43 Å². The number of hydrogen-bond donors (Lipinski definition) is 2. The molecule has 2 heterocycles. The maximum absolute atomic E-state index is 9.29. The highest BCUT2D eigenvalue weighted by molar-refractivity contribution is 5.98. The second-order valence-electron chi connectivity index (χ2n) is 6.33. The summed E-state index contributed by atoms with van der Waals surface area (Å²) in [6.45, 7) is 0. The Morgan fingerprint density at radius 2 is 2.16 bits per heavy atom. The number of hydrogen-bond acceptors (Lipinski definition) is 5. The SMILES string of the molecule is N#Cc1nc(C2CCCCC2)oc1N/N=C/c1cccc2[nH]ccc12. The van der Waals surface area contributed by atoms with E-state index in [9.17, 15) is 5.26 Å². The highest BCUT2D eigenvalue weighted by atomic mass is 16.4. The molecule has 6 nitrogen and oxygen atoms in total. The molecule has 1 aliphatic carbocycles. The van der Waals surface area contributed by atoms with Crippen LogP contribution in [0.15, 0.2) is 40.0 Å². The Morgan fingerprint density at radius 1 is 1.28 bits per heavy atom. The predicted octanol–water partition coefficient (Wildman–Crippen LogP) is 4.52. The van der Waals surface area contributed by atoms with Gasteiger partial charge in [-0.05, 0) is 25.0 Å². The largest absolute Gasteiger partial charge is 0.422 e. The number of nitriles is 1. The first-order valence-corrected chi connectivity index (χ1v) is 8.61. The van der Waals surface area contributed by atoms with Crippen molar-refractivity contribution in [2.45, 2.75) is 38.0 Å². The summed E-state index contributed by atoms with van der Waals surface area (Å²) in [6, 6.07) is 10.1. The van der Waals surface area contributed by atoms with Gasteiger partial charge in [0.25, 0.3) is 5.88 Å². The number of aromatic nitrogens is 2. The van der Waals surface area contributed by atoms with E-state index >= 15 is 0 Å². The Bertz CT molecular complexity index is 940. The zero-order chi connectivity index (χ0) is 17.1. The van der Waals surface area contributed by atoms with Crippen molar-refractivity contribution in [3.8, 4) is 6.07 Å². The Labute approximate surface area is 145 Å². The fourth-order valence-corrected chi connectivity index (χ4v) is 3.40. The van der Waals surface area contributed by atoms with Gasteiger partial charge in [0.1, 0.15) is 6.07 Å². The van der Waals surface area contributed by atoms with Crippen LogP contribution in [0.25, 0.3) is 10.9 Å². The molecule has 1 saturated carbocycles. The van der Waals surface area contributed by atoms with Crippen LogP contribution < -0.4 is 5.43 Å². The molecule has 6 heteroatoms. The van der Waals surface area contributed by atoms with Crippen molar-refractivity contribution in [2.24, 2.45) is 5.10 Å². The maximum atomic E-state index is 9.29. The number of rotatable bonds is 4. The Kier molecular flexibility index (Phi) is 4.21. The lowest BCUT2D eigenvalue weighted by Gasteiger charge is -2.17. The number of oxazole rings is 1. The molecule has 2 N–H and O–H groups in total. The Balaban J connectivity index is 1.53. The summed E-state index contributed by atoms with van der Waals surface area (Å²) in [4.78, 5) is 7.52. The highest BCUT2D eigenvalue weighted by Crippen LogP contribution is 2.34. The topological polar surface area (TPSA) is 90.0 Å². The van der Waals surface area contributed by atoms with Gasteiger partial charge in [0.15, 0.2) is 0 Å². The van der Waals surface area contributed by atoms with E-state index in [1.54, 1.807) is 6.21 Å². The molecule has 0 saturated heterocycles. The van der Waals surface area contributed by atoms with E-state index in [4.69, 9.17) is 4.42 Å². The van der Waals surface area contributed by atoms with E-state index in [0.717, 1.165) is 29.3 Å². The summed E-state index contributed by atoms with van der Waals surface area (Å²) in [5.41, 5.74) is 5.14. The standard InChI is InChI=1S/C19H19N5O/c20-11-17-19(25-18(23-17)13-5-2-1-3-6-13)24-22-12-14-7-4-8-16-15(14)9-10-21-16/h4,7-10,12-13,21,24H,1-3,5-6H2/b22-12+. The number of aromatic amines is 1. The third-order valence-corrected chi connectivity index (χ3v) is 4.70. The maximum Gasteiger partial charge on any atom is 0.252 e. The summed E-state index contributed by atoms with van der Waals surface area (Å²) in [5.74, 6) is 1.29. The van der Waals surface area contributed by atoms with E-state index in [1.165, 1.54) is 19.3 Å². The molecule has 0 amide bonds. The van der Waals surface area contributed by atoms with Crippen LogP contribution in [-0.4, -0.2) is 16.2 Å². The normalized spacial score (nSPS) is 15.6. The first-order chi connectivity index (χ1) is 12.3. The van der Waals surface area contributed by atoms with E-state index in [0.29, 0.717) is 17.7 Å². The summed E-state index contributed by atoms with van der Waals surface area (Å²) in [5, 5.41) is 14.6. The van der Waals surface area contributed by atoms with E-state index < -0.39 is 0 Å². The van der Waals surface area contributed by atoms with Crippen LogP contribution in [0.5, 0.6) is 0 Å². The average molecular weight is 333 g/mol. The van der Waals surface area contributed by atoms with Gasteiger partial charge in [-0.25, -0.2) is 10.4 Å². The van der Waals surface area contributed by atoms with Crippen molar-refractivity contribution < 1.29 is 4.42 Å². The molecule has 4 rings (SSSR count). The summed E-state index contributed by atoms with van der Waals surface area (Å²) >= 11 is 0. The van der Waals surface area contributed by atoms with Gasteiger partial charge >= 0.3 is 0 Å². The molecule has 3 aromatic rings. The van der Waals surface area contributed by atoms with Gasteiger partial charge in [0, 0.05) is 28.6 Å². The number of nitrogens with zero attached hydrogens (tertiary/aromatic N) is 3. The molecule has 25 heavy (non-hydrogen) atoms. The van der Waals surface area contributed by atoms with Gasteiger partial charge < -0.3 is 9.40 Å². The number of nitrogens with one attached hydrogen (secondary N) is 2. The minimum Gasteiger partial charge on any atom is -0.422 e. The lowest BCUT2D eigenvalue weighted by molar-refractivity contribution is 0.367. The minimum atomic E-state index is 0.262. The molecule has 0 radical (unpaired) electrons. The molecule has 1 aliphatic rings. The summed E-state index contributed by atoms with van der Waals surface area (Å²) in [7, 11) is 0. The third-order valence-electron chi connectivity index (χ3n) is 4.70. The molecule has 0 aliphatic heterocycles. The Morgan fingerprint density at radius 3 is 3.00 bits per heavy atom. The van der Waals surface area contributed by atoms with Crippen LogP contribution in [0.1, 0.15) is 55.2 Å². The second kappa shape index (κ2) is 6.81. The molecule has 0 spiro atoms. The van der Waals surface area contributed by atoms with Crippen molar-refractivity contribution in [3.63, 3.8) is 0 Å². The van der Waals surface area contributed by atoms with Gasteiger partial charge in [-0.15, -0.1) is 0 Å². The molecular weight excluding hydrogens is 314 g/mol. The zero-order valence-corrected chi connectivity index (χ0v) is 13.8. The first kappa shape index (κ1) is 15.5. The van der Waals surface area contributed by atoms with Crippen LogP contribution >= 0.6 is 0 Å². The number of H-pyrrole nitrogens is 1. The summed E-state index contributed by atoms with van der Waals surface area (Å²) in [6.07, 6.45) is 9.42. The Hall–Kier alpha value is -3.07. The van der Waals surface area contributed by atoms with E-state index in [-0.39, 0.29) is 5.69 Å². The predicted molar refractivity (Wildman–Crippen MR) is 96.6 cm³/mol. The number of benzene rings is 1. The number of fused-ring (bicyclic) bond motifs is 1. The van der Waals surface area contributed by atoms with Gasteiger partial charge in [0.05, 0.1) is 6.21 Å². The van der Waals surface area contributed by atoms with Crippen LogP contribution in [-0.2, 0) is 0 Å². The van der Waals surface area contributed by atoms with Gasteiger partial charge in [-0.3, -0.25) is 0 Å². The minimum absolute atomic E-state index is 0.262. The van der Waals surface area contributed by atoms with Crippen LogP contribution in [0.4, 0.5) is 5.88 Å². The monoisotopic (exact) mass is 333 g/mol. The second-order valence-corrected chi connectivity index (χ2v) is 6.33. The lowest BCUT2D eigenvalue weighted by atomic mass is 9.89. The van der Waals surface area contributed by atoms with Crippen molar-refractivity contribution in [3.05, 3.63) is 47.6 Å². The quantitative estimate of drug-likeness (QED) is 0.542. The molecule has 1 fully saturated rings. The smallest absolute Gasteiger partial charge is 0.252 e. The molecule has 0 atom stereocenters. The van der Waals surface area contributed by atoms with Crippen molar-refractivity contribution in [1.29, 1.82) is 5.26 Å². The number of hydrazone groups is 1. The fraction of sp³-hybridized carbons (Fsp3) is 0.316. The van der Waals surface area contributed by atoms with Crippen molar-refractivity contribution >= 4 is 23.0 Å². The van der Waals surface area contributed by atoms with Crippen LogP contribution in [0.2, 0.25) is 0 Å². The highest BCUT2D eigenvalue weighted by Gasteiger charge is 2.23. The van der Waals surface area contributed by atoms with Crippen LogP contribution in [0.3, 0.4) is 0 Å². The molecule has 0 bridgehead atoms. The van der Waals surface area contributed by atoms with Gasteiger partial charge in [-0.2, -0.15) is 10.4 Å². The summed E-state index contributed by atoms with van der Waals surface area (Å²) < 4.78 is 5.79. The fourth-order valence-electron chi connectivity index (χ4n) is 3.40. The zero-order valence-electron chi connectivity index (χ0n) is 13.8. The third kappa shape index (κ3) is 3.13. The molecule has 2 aromatic heterocycles. The molecule has 126 valence electrons. The van der Waals surface area contributed by atoms with E-state index in [2.05, 4.69) is 26.6 Å². The lowest BCUT2D eigenvalue weighted by Crippen LogP contribution is -2.04. The van der Waals surface area contributed by atoms with Crippen LogP contribution in [0, 0.1) is 11.3 Å². The average Bonchev–Trinajstić information content (AvgIpc) is 3.29. The first-order valence-electron chi connectivity index (χ1n) is 8.61. The van der Waals surface area contributed by atoms with Gasteiger partial charge in [0.2, 0.25) is 11.6 Å².